The summed E-state index contributed by atoms with van der Waals surface area (Å²) in [4.78, 5) is 4.65. The fourth-order valence-corrected chi connectivity index (χ4v) is 7.02. The second-order valence-electron chi connectivity index (χ2n) is 14.5. The maximum atomic E-state index is 5.99. The minimum atomic E-state index is -0.314. The molecule has 0 heterocycles. The van der Waals surface area contributed by atoms with E-state index in [1.165, 1.54) is 33.4 Å². The molecule has 6 aromatic carbocycles. The predicted octanol–water partition coefficient (Wildman–Crippen LogP) is 13.7. The van der Waals surface area contributed by atoms with Crippen LogP contribution in [-0.4, -0.2) is 25.8 Å². The fourth-order valence-electron chi connectivity index (χ4n) is 7.02. The molecular formula is C50H56N2O4. The van der Waals surface area contributed by atoms with Crippen LogP contribution in [0.5, 0.6) is 11.5 Å². The summed E-state index contributed by atoms with van der Waals surface area (Å²) in [5.74, 6) is 1.55. The highest BCUT2D eigenvalue weighted by molar-refractivity contribution is 5.84. The van der Waals surface area contributed by atoms with E-state index in [-0.39, 0.29) is 12.6 Å². The van der Waals surface area contributed by atoms with E-state index in [2.05, 4.69) is 148 Å². The average molecular weight is 749 g/mol. The molecule has 6 rings (SSSR count). The Bertz CT molecular complexity index is 2090. The smallest absolute Gasteiger partial charge is 0.196 e. The Morgan fingerprint density at radius 2 is 0.750 bits per heavy atom. The Balaban J connectivity index is 1.34. The average Bonchev–Trinajstić information content (AvgIpc) is 3.17. The molecule has 0 aliphatic rings. The highest BCUT2D eigenvalue weighted by Crippen LogP contribution is 2.42. The van der Waals surface area contributed by atoms with Crippen LogP contribution in [0.15, 0.2) is 121 Å². The van der Waals surface area contributed by atoms with Gasteiger partial charge in [-0.1, -0.05) is 24.3 Å². The van der Waals surface area contributed by atoms with Crippen LogP contribution in [0.4, 0.5) is 34.1 Å². The molecule has 6 aromatic rings. The molecule has 0 radical (unpaired) electrons. The Hall–Kier alpha value is -5.56. The lowest BCUT2D eigenvalue weighted by Crippen LogP contribution is -2.16. The standard InChI is InChI=1S/C50H56N2O4/c1-11-53-39(9)55-47-23-19-43(20-24-47)51(45-17-13-33(3)35(5)31-45)49-27-15-41(29-37(49)7)42-16-28-50(38(8)30-42)52(46-18-14-34(4)36(6)32-46)44-21-25-48(26-22-44)56-40(10)54-12-2/h13-32,39-40H,11-12H2,1-10H3. The van der Waals surface area contributed by atoms with E-state index >= 15 is 0 Å². The van der Waals surface area contributed by atoms with Gasteiger partial charge in [0, 0.05) is 47.3 Å². The molecule has 56 heavy (non-hydrogen) atoms. The Labute approximate surface area is 334 Å². The quantitative estimate of drug-likeness (QED) is 0.0975. The van der Waals surface area contributed by atoms with Gasteiger partial charge in [0.05, 0.1) is 0 Å². The maximum Gasteiger partial charge on any atom is 0.196 e. The van der Waals surface area contributed by atoms with Gasteiger partial charge < -0.3 is 28.7 Å². The molecule has 0 amide bonds. The van der Waals surface area contributed by atoms with Crippen molar-refractivity contribution >= 4 is 34.1 Å². The molecule has 2 unspecified atom stereocenters. The van der Waals surface area contributed by atoms with E-state index in [1.807, 2.05) is 52.0 Å². The molecular weight excluding hydrogens is 693 g/mol. The van der Waals surface area contributed by atoms with E-state index in [0.29, 0.717) is 13.2 Å². The minimum Gasteiger partial charge on any atom is -0.465 e. The van der Waals surface area contributed by atoms with Gasteiger partial charge in [-0.3, -0.25) is 0 Å². The van der Waals surface area contributed by atoms with Crippen molar-refractivity contribution in [1.29, 1.82) is 0 Å². The van der Waals surface area contributed by atoms with Crippen molar-refractivity contribution in [3.05, 3.63) is 155 Å². The molecule has 6 heteroatoms. The zero-order chi connectivity index (χ0) is 39.9. The van der Waals surface area contributed by atoms with Gasteiger partial charge in [-0.25, -0.2) is 0 Å². The third-order valence-corrected chi connectivity index (χ3v) is 10.3. The molecule has 0 fully saturated rings. The van der Waals surface area contributed by atoms with Gasteiger partial charge in [0.2, 0.25) is 0 Å². The first-order valence-corrected chi connectivity index (χ1v) is 19.7. The van der Waals surface area contributed by atoms with Gasteiger partial charge in [0.15, 0.2) is 12.6 Å². The molecule has 0 aliphatic heterocycles. The van der Waals surface area contributed by atoms with E-state index in [4.69, 9.17) is 18.9 Å². The van der Waals surface area contributed by atoms with Crippen molar-refractivity contribution in [2.45, 2.75) is 81.8 Å². The first-order valence-electron chi connectivity index (χ1n) is 19.7. The molecule has 290 valence electrons. The van der Waals surface area contributed by atoms with E-state index in [0.717, 1.165) is 56.8 Å². The predicted molar refractivity (Wildman–Crippen MR) is 233 cm³/mol. The van der Waals surface area contributed by atoms with Crippen molar-refractivity contribution in [2.75, 3.05) is 23.0 Å². The molecule has 0 saturated carbocycles. The summed E-state index contributed by atoms with van der Waals surface area (Å²) < 4.78 is 23.2. The highest BCUT2D eigenvalue weighted by Gasteiger charge is 2.19. The number of hydrogen-bond acceptors (Lipinski definition) is 6. The molecule has 0 aromatic heterocycles. The lowest BCUT2D eigenvalue weighted by atomic mass is 9.98. The number of aryl methyl sites for hydroxylation is 6. The summed E-state index contributed by atoms with van der Waals surface area (Å²) in [6.07, 6.45) is -0.628. The largest absolute Gasteiger partial charge is 0.465 e. The summed E-state index contributed by atoms with van der Waals surface area (Å²) in [5, 5.41) is 0. The van der Waals surface area contributed by atoms with Crippen molar-refractivity contribution < 1.29 is 18.9 Å². The van der Waals surface area contributed by atoms with Crippen molar-refractivity contribution in [3.8, 4) is 22.6 Å². The third kappa shape index (κ3) is 9.27. The van der Waals surface area contributed by atoms with Crippen molar-refractivity contribution in [2.24, 2.45) is 0 Å². The van der Waals surface area contributed by atoms with Crippen LogP contribution in [0.3, 0.4) is 0 Å². The van der Waals surface area contributed by atoms with Gasteiger partial charge in [-0.15, -0.1) is 0 Å². The van der Waals surface area contributed by atoms with E-state index in [1.54, 1.807) is 0 Å². The summed E-state index contributed by atoms with van der Waals surface area (Å²) in [7, 11) is 0. The monoisotopic (exact) mass is 748 g/mol. The van der Waals surface area contributed by atoms with Gasteiger partial charge in [-0.2, -0.15) is 0 Å². The van der Waals surface area contributed by atoms with Crippen LogP contribution in [0.2, 0.25) is 0 Å². The molecule has 0 N–H and O–H groups in total. The minimum absolute atomic E-state index is 0.314. The number of anilines is 6. The lowest BCUT2D eigenvalue weighted by molar-refractivity contribution is -0.0616. The SMILES string of the molecule is CCOC(C)Oc1ccc(N(c2ccc(C)c(C)c2)c2ccc(-c3ccc(N(c4ccc(OC(C)OCC)cc4)c4ccc(C)c(C)c4)c(C)c3)cc2C)cc1. The van der Waals surface area contributed by atoms with Crippen LogP contribution < -0.4 is 19.3 Å². The molecule has 0 bridgehead atoms. The first kappa shape index (κ1) is 40.1. The summed E-state index contributed by atoms with van der Waals surface area (Å²) in [6.45, 7) is 22.0. The van der Waals surface area contributed by atoms with Gasteiger partial charge in [-0.05, 0) is 211 Å². The number of nitrogens with zero attached hydrogens (tertiary/aromatic N) is 2. The van der Waals surface area contributed by atoms with Gasteiger partial charge in [0.1, 0.15) is 11.5 Å². The number of rotatable bonds is 15. The maximum absolute atomic E-state index is 5.99. The molecule has 2 atom stereocenters. The van der Waals surface area contributed by atoms with Crippen LogP contribution in [0.25, 0.3) is 11.1 Å². The Morgan fingerprint density at radius 1 is 0.393 bits per heavy atom. The van der Waals surface area contributed by atoms with Crippen LogP contribution in [0, 0.1) is 41.5 Å². The zero-order valence-corrected chi connectivity index (χ0v) is 34.6. The van der Waals surface area contributed by atoms with Crippen LogP contribution >= 0.6 is 0 Å². The Morgan fingerprint density at radius 3 is 1.07 bits per heavy atom. The summed E-state index contributed by atoms with van der Waals surface area (Å²) >= 11 is 0. The molecule has 0 spiro atoms. The molecule has 0 aliphatic carbocycles. The second-order valence-corrected chi connectivity index (χ2v) is 14.5. The topological polar surface area (TPSA) is 43.4 Å². The van der Waals surface area contributed by atoms with Crippen LogP contribution in [-0.2, 0) is 9.47 Å². The zero-order valence-electron chi connectivity index (χ0n) is 34.6. The Kier molecular flexibility index (Phi) is 12.8. The highest BCUT2D eigenvalue weighted by atomic mass is 16.7. The van der Waals surface area contributed by atoms with E-state index < -0.39 is 0 Å². The second kappa shape index (κ2) is 17.9. The summed E-state index contributed by atoms with van der Waals surface area (Å²) in [6, 6.07) is 43.3. The molecule has 0 saturated heterocycles. The molecule has 6 nitrogen and oxygen atoms in total. The number of benzene rings is 6. The third-order valence-electron chi connectivity index (χ3n) is 10.3. The van der Waals surface area contributed by atoms with Gasteiger partial charge >= 0.3 is 0 Å². The summed E-state index contributed by atoms with van der Waals surface area (Å²) in [5.41, 5.74) is 16.2. The number of hydrogen-bond donors (Lipinski definition) is 0. The van der Waals surface area contributed by atoms with Crippen LogP contribution in [0.1, 0.15) is 61.1 Å². The fraction of sp³-hybridized carbons (Fsp3) is 0.280. The van der Waals surface area contributed by atoms with Crippen molar-refractivity contribution in [1.82, 2.24) is 0 Å². The lowest BCUT2D eigenvalue weighted by Gasteiger charge is -2.29. The normalized spacial score (nSPS) is 12.2. The van der Waals surface area contributed by atoms with Gasteiger partial charge in [0.25, 0.3) is 0 Å². The number of ether oxygens (including phenoxy) is 4. The first-order chi connectivity index (χ1) is 26.9. The van der Waals surface area contributed by atoms with Crippen molar-refractivity contribution in [3.63, 3.8) is 0 Å². The van der Waals surface area contributed by atoms with E-state index in [9.17, 15) is 0 Å².